The van der Waals surface area contributed by atoms with Gasteiger partial charge in [0.05, 0.1) is 12.2 Å². The Morgan fingerprint density at radius 1 is 1.28 bits per heavy atom. The topological polar surface area (TPSA) is 83.6 Å². The van der Waals surface area contributed by atoms with Crippen LogP contribution in [0, 0.1) is 0 Å². The van der Waals surface area contributed by atoms with Gasteiger partial charge in [0.1, 0.15) is 11.4 Å². The van der Waals surface area contributed by atoms with E-state index in [9.17, 15) is 9.59 Å². The summed E-state index contributed by atoms with van der Waals surface area (Å²) in [7, 11) is 3.84. The molecule has 0 bridgehead atoms. The van der Waals surface area contributed by atoms with E-state index in [1.807, 2.05) is 64.9 Å². The standard InChI is InChI=1S/C18H30N4O3/c1-13(20-17(24)25-18(2,3)4)10-11-16(23)19-12-14-8-7-9-15(21-14)22(5)6/h7-9,13H,10-12H2,1-6H3,(H,19,23)(H,20,24)/t13-/m1/s1. The van der Waals surface area contributed by atoms with E-state index in [1.54, 1.807) is 0 Å². The van der Waals surface area contributed by atoms with Gasteiger partial charge in [-0.3, -0.25) is 4.79 Å². The molecule has 1 atom stereocenters. The van der Waals surface area contributed by atoms with Crippen molar-refractivity contribution >= 4 is 17.8 Å². The van der Waals surface area contributed by atoms with E-state index in [2.05, 4.69) is 15.6 Å². The lowest BCUT2D eigenvalue weighted by atomic mass is 10.1. The van der Waals surface area contributed by atoms with E-state index in [0.717, 1.165) is 11.5 Å². The van der Waals surface area contributed by atoms with Crippen molar-refractivity contribution in [1.29, 1.82) is 0 Å². The van der Waals surface area contributed by atoms with Crippen LogP contribution in [-0.2, 0) is 16.1 Å². The zero-order valence-electron chi connectivity index (χ0n) is 16.0. The van der Waals surface area contributed by atoms with Crippen LogP contribution in [0.2, 0.25) is 0 Å². The van der Waals surface area contributed by atoms with Crippen LogP contribution >= 0.6 is 0 Å². The molecule has 7 nitrogen and oxygen atoms in total. The number of ether oxygens (including phenoxy) is 1. The highest BCUT2D eigenvalue weighted by Crippen LogP contribution is 2.09. The fourth-order valence-electron chi connectivity index (χ4n) is 2.02. The molecule has 140 valence electrons. The Bertz CT molecular complexity index is 582. The first-order valence-electron chi connectivity index (χ1n) is 8.46. The normalized spacial score (nSPS) is 12.2. The van der Waals surface area contributed by atoms with Crippen LogP contribution in [0.5, 0.6) is 0 Å². The lowest BCUT2D eigenvalue weighted by molar-refractivity contribution is -0.121. The van der Waals surface area contributed by atoms with Crippen LogP contribution in [0.3, 0.4) is 0 Å². The van der Waals surface area contributed by atoms with Crippen LogP contribution in [0.15, 0.2) is 18.2 Å². The maximum Gasteiger partial charge on any atom is 0.407 e. The van der Waals surface area contributed by atoms with E-state index < -0.39 is 11.7 Å². The summed E-state index contributed by atoms with van der Waals surface area (Å²) < 4.78 is 5.19. The number of aromatic nitrogens is 1. The largest absolute Gasteiger partial charge is 0.444 e. The van der Waals surface area contributed by atoms with E-state index in [4.69, 9.17) is 4.74 Å². The molecule has 1 heterocycles. The predicted octanol–water partition coefficient (Wildman–Crippen LogP) is 2.46. The molecule has 0 aliphatic carbocycles. The van der Waals surface area contributed by atoms with Crippen LogP contribution < -0.4 is 15.5 Å². The maximum atomic E-state index is 12.0. The van der Waals surface area contributed by atoms with Gasteiger partial charge in [0.15, 0.2) is 0 Å². The van der Waals surface area contributed by atoms with Crippen LogP contribution in [0.1, 0.15) is 46.2 Å². The third-order valence-corrected chi connectivity index (χ3v) is 3.28. The molecule has 0 aliphatic heterocycles. The number of pyridine rings is 1. The number of hydrogen-bond donors (Lipinski definition) is 2. The highest BCUT2D eigenvalue weighted by Gasteiger charge is 2.18. The third-order valence-electron chi connectivity index (χ3n) is 3.28. The molecule has 1 rings (SSSR count). The van der Waals surface area contributed by atoms with Gasteiger partial charge in [0.25, 0.3) is 0 Å². The number of hydrogen-bond acceptors (Lipinski definition) is 5. The Morgan fingerprint density at radius 3 is 2.56 bits per heavy atom. The van der Waals surface area contributed by atoms with Crippen molar-refractivity contribution in [3.8, 4) is 0 Å². The van der Waals surface area contributed by atoms with Crippen molar-refractivity contribution in [3.63, 3.8) is 0 Å². The van der Waals surface area contributed by atoms with Crippen molar-refractivity contribution in [2.45, 2.75) is 58.7 Å². The second kappa shape index (κ2) is 9.25. The third kappa shape index (κ3) is 8.93. The molecule has 2 N–H and O–H groups in total. The molecule has 1 aromatic rings. The molecule has 0 saturated heterocycles. The first-order valence-corrected chi connectivity index (χ1v) is 8.46. The fourth-order valence-corrected chi connectivity index (χ4v) is 2.02. The Kier molecular flexibility index (Phi) is 7.67. The molecule has 7 heteroatoms. The van der Waals surface area contributed by atoms with E-state index >= 15 is 0 Å². The molecule has 0 fully saturated rings. The van der Waals surface area contributed by atoms with Crippen molar-refractivity contribution in [2.75, 3.05) is 19.0 Å². The monoisotopic (exact) mass is 350 g/mol. The zero-order valence-corrected chi connectivity index (χ0v) is 16.0. The molecule has 0 radical (unpaired) electrons. The molecule has 0 spiro atoms. The molecule has 0 saturated carbocycles. The van der Waals surface area contributed by atoms with Crippen LogP contribution in [-0.4, -0.2) is 42.7 Å². The van der Waals surface area contributed by atoms with Gasteiger partial charge in [0, 0.05) is 26.6 Å². The summed E-state index contributed by atoms with van der Waals surface area (Å²) in [6.45, 7) is 7.66. The summed E-state index contributed by atoms with van der Waals surface area (Å²) in [5.74, 6) is 0.775. The Hall–Kier alpha value is -2.31. The predicted molar refractivity (Wildman–Crippen MR) is 98.5 cm³/mol. The van der Waals surface area contributed by atoms with E-state index in [-0.39, 0.29) is 11.9 Å². The van der Waals surface area contributed by atoms with E-state index in [1.165, 1.54) is 0 Å². The SMILES string of the molecule is C[C@H](CCC(=O)NCc1cccc(N(C)C)n1)NC(=O)OC(C)(C)C. The summed E-state index contributed by atoms with van der Waals surface area (Å²) in [4.78, 5) is 30.0. The molecule has 2 amide bonds. The minimum Gasteiger partial charge on any atom is -0.444 e. The maximum absolute atomic E-state index is 12.0. The Labute approximate surface area is 150 Å². The number of alkyl carbamates (subject to hydrolysis) is 1. The molecular weight excluding hydrogens is 320 g/mol. The highest BCUT2D eigenvalue weighted by atomic mass is 16.6. The average Bonchev–Trinajstić information content (AvgIpc) is 2.49. The van der Waals surface area contributed by atoms with Crippen molar-refractivity contribution in [1.82, 2.24) is 15.6 Å². The van der Waals surface area contributed by atoms with Crippen molar-refractivity contribution < 1.29 is 14.3 Å². The highest BCUT2D eigenvalue weighted by molar-refractivity contribution is 5.76. The van der Waals surface area contributed by atoms with Gasteiger partial charge >= 0.3 is 6.09 Å². The summed E-state index contributed by atoms with van der Waals surface area (Å²) in [6.07, 6.45) is 0.394. The quantitative estimate of drug-likeness (QED) is 0.789. The molecular formula is C18H30N4O3. The molecule has 0 unspecified atom stereocenters. The number of nitrogens with zero attached hydrogens (tertiary/aromatic N) is 2. The van der Waals surface area contributed by atoms with Crippen molar-refractivity contribution in [2.24, 2.45) is 0 Å². The van der Waals surface area contributed by atoms with Gasteiger partial charge in [-0.05, 0) is 46.2 Å². The number of amides is 2. The second-order valence-electron chi connectivity index (χ2n) is 7.24. The smallest absolute Gasteiger partial charge is 0.407 e. The lowest BCUT2D eigenvalue weighted by Crippen LogP contribution is -2.38. The van der Waals surface area contributed by atoms with Crippen molar-refractivity contribution in [3.05, 3.63) is 23.9 Å². The minimum absolute atomic E-state index is 0.0742. The molecule has 25 heavy (non-hydrogen) atoms. The van der Waals surface area contributed by atoms with E-state index in [0.29, 0.717) is 19.4 Å². The molecule has 0 aromatic carbocycles. The summed E-state index contributed by atoms with van der Waals surface area (Å²) in [5, 5.41) is 5.57. The summed E-state index contributed by atoms with van der Waals surface area (Å²) in [5.41, 5.74) is 0.273. The number of anilines is 1. The summed E-state index contributed by atoms with van der Waals surface area (Å²) in [6, 6.07) is 5.56. The van der Waals surface area contributed by atoms with Gasteiger partial charge < -0.3 is 20.3 Å². The zero-order chi connectivity index (χ0) is 19.0. The number of nitrogens with one attached hydrogen (secondary N) is 2. The van der Waals surface area contributed by atoms with Crippen LogP contribution in [0.4, 0.5) is 10.6 Å². The first kappa shape index (κ1) is 20.7. The molecule has 1 aromatic heterocycles. The van der Waals surface area contributed by atoms with Gasteiger partial charge in [-0.15, -0.1) is 0 Å². The van der Waals surface area contributed by atoms with Gasteiger partial charge in [0.2, 0.25) is 5.91 Å². The number of rotatable bonds is 7. The Morgan fingerprint density at radius 2 is 1.96 bits per heavy atom. The molecule has 0 aliphatic rings. The van der Waals surface area contributed by atoms with Gasteiger partial charge in [-0.25, -0.2) is 9.78 Å². The van der Waals surface area contributed by atoms with Crippen LogP contribution in [0.25, 0.3) is 0 Å². The first-order chi connectivity index (χ1) is 11.6. The average molecular weight is 350 g/mol. The second-order valence-corrected chi connectivity index (χ2v) is 7.24. The number of carbonyl (C=O) groups excluding carboxylic acids is 2. The van der Waals surface area contributed by atoms with Gasteiger partial charge in [-0.1, -0.05) is 6.07 Å². The Balaban J connectivity index is 2.33. The van der Waals surface area contributed by atoms with Gasteiger partial charge in [-0.2, -0.15) is 0 Å². The summed E-state index contributed by atoms with van der Waals surface area (Å²) >= 11 is 0. The number of carbonyl (C=O) groups is 2. The fraction of sp³-hybridized carbons (Fsp3) is 0.611. The lowest BCUT2D eigenvalue weighted by Gasteiger charge is -2.21. The minimum atomic E-state index is -0.532.